The van der Waals surface area contributed by atoms with Gasteiger partial charge in [0.05, 0.1) is 36.3 Å². The number of rotatable bonds is 13. The van der Waals surface area contributed by atoms with Gasteiger partial charge < -0.3 is 24.5 Å². The van der Waals surface area contributed by atoms with E-state index < -0.39 is 33.4 Å². The Morgan fingerprint density at radius 2 is 1.85 bits per heavy atom. The van der Waals surface area contributed by atoms with Gasteiger partial charge in [-0.1, -0.05) is 26.0 Å². The van der Waals surface area contributed by atoms with E-state index in [1.165, 1.54) is 0 Å². The van der Waals surface area contributed by atoms with Crippen LogP contribution < -0.4 is 9.64 Å². The summed E-state index contributed by atoms with van der Waals surface area (Å²) in [7, 11) is 1.59. The van der Waals surface area contributed by atoms with Crippen molar-refractivity contribution in [3.63, 3.8) is 0 Å². The Morgan fingerprint density at radius 3 is 2.40 bits per heavy atom. The number of carbonyl (C=O) groups excluding carboxylic acids is 3. The SMILES string of the molecule is C=CCN(CCC)C(=O)[C@@H]1[C@H]2C(=O)N([C@@H](CC)CO)C(C(=O)N(CC=C)c3ccc(OC)cc3)C23CC[C@@]1(C)S3. The lowest BCUT2D eigenvalue weighted by Gasteiger charge is -2.39. The highest BCUT2D eigenvalue weighted by atomic mass is 32.2. The molecule has 0 aromatic heterocycles. The molecule has 3 fully saturated rings. The lowest BCUT2D eigenvalue weighted by molar-refractivity contribution is -0.146. The topological polar surface area (TPSA) is 90.4 Å². The first-order valence-corrected chi connectivity index (χ1v) is 15.1. The number of hydrogen-bond acceptors (Lipinski definition) is 6. The van der Waals surface area contributed by atoms with Crippen LogP contribution in [0.5, 0.6) is 5.75 Å². The number of hydrogen-bond donors (Lipinski definition) is 1. The van der Waals surface area contributed by atoms with E-state index in [9.17, 15) is 19.5 Å². The molecule has 0 aliphatic carbocycles. The van der Waals surface area contributed by atoms with E-state index in [1.54, 1.807) is 57.9 Å². The number of fused-ring (bicyclic) bond motifs is 1. The van der Waals surface area contributed by atoms with Crippen molar-refractivity contribution in [3.05, 3.63) is 49.6 Å². The van der Waals surface area contributed by atoms with E-state index in [1.807, 2.05) is 26.0 Å². The van der Waals surface area contributed by atoms with Crippen molar-refractivity contribution in [1.29, 1.82) is 0 Å². The summed E-state index contributed by atoms with van der Waals surface area (Å²) >= 11 is 1.65. The van der Waals surface area contributed by atoms with Crippen molar-refractivity contribution in [1.82, 2.24) is 9.80 Å². The van der Waals surface area contributed by atoms with Crippen LogP contribution in [0, 0.1) is 11.8 Å². The monoisotopic (exact) mass is 569 g/mol. The average molecular weight is 570 g/mol. The fourth-order valence-corrected chi connectivity index (χ4v) is 9.43. The van der Waals surface area contributed by atoms with Crippen LogP contribution in [0.1, 0.15) is 46.5 Å². The van der Waals surface area contributed by atoms with Gasteiger partial charge in [0.1, 0.15) is 11.8 Å². The molecular weight excluding hydrogens is 526 g/mol. The maximum absolute atomic E-state index is 14.7. The summed E-state index contributed by atoms with van der Waals surface area (Å²) in [6.07, 6.45) is 6.09. The van der Waals surface area contributed by atoms with Crippen LogP contribution in [0.25, 0.3) is 0 Å². The van der Waals surface area contributed by atoms with Gasteiger partial charge in [-0.3, -0.25) is 14.4 Å². The van der Waals surface area contributed by atoms with E-state index in [4.69, 9.17) is 4.74 Å². The summed E-state index contributed by atoms with van der Waals surface area (Å²) in [6, 6.07) is 5.91. The van der Waals surface area contributed by atoms with Gasteiger partial charge in [0.25, 0.3) is 5.91 Å². The smallest absolute Gasteiger partial charge is 0.251 e. The van der Waals surface area contributed by atoms with E-state index in [0.717, 1.165) is 12.8 Å². The summed E-state index contributed by atoms with van der Waals surface area (Å²) in [5, 5.41) is 10.4. The number of ether oxygens (including phenoxy) is 1. The maximum atomic E-state index is 14.7. The fraction of sp³-hybridized carbons (Fsp3) is 0.581. The molecule has 0 radical (unpaired) electrons. The molecule has 3 aliphatic heterocycles. The lowest BCUT2D eigenvalue weighted by atomic mass is 9.66. The first-order valence-electron chi connectivity index (χ1n) is 14.3. The van der Waals surface area contributed by atoms with E-state index in [2.05, 4.69) is 20.1 Å². The minimum Gasteiger partial charge on any atom is -0.497 e. The third kappa shape index (κ3) is 4.75. The third-order valence-electron chi connectivity index (χ3n) is 8.91. The summed E-state index contributed by atoms with van der Waals surface area (Å²) in [5.74, 6) is -0.960. The summed E-state index contributed by atoms with van der Waals surface area (Å²) in [4.78, 5) is 48.3. The Morgan fingerprint density at radius 1 is 1.18 bits per heavy atom. The number of amides is 3. The Balaban J connectivity index is 1.82. The molecule has 3 aliphatic rings. The minimum atomic E-state index is -0.812. The van der Waals surface area contributed by atoms with E-state index in [-0.39, 0.29) is 30.9 Å². The number of likely N-dealkylation sites (tertiary alicyclic amines) is 1. The molecule has 3 amide bonds. The standard InChI is InChI=1S/C31H43N3O5S/c1-7-17-32(18-8-2)27(36)24-25-28(37)34(21(10-4)20-35)26(31(25)16-15-30(24,5)40-31)29(38)33(19-9-3)22-11-13-23(39-6)14-12-22/h7,9,11-14,21,24-26,35H,1,3,8,10,15-20H2,2,4-6H3/t21-,24-,25-,26?,30+,31?/m0/s1. The normalized spacial score (nSPS) is 29.2. The number of carbonyl (C=O) groups is 3. The Bertz CT molecular complexity index is 1140. The molecule has 2 unspecified atom stereocenters. The van der Waals surface area contributed by atoms with Gasteiger partial charge >= 0.3 is 0 Å². The molecule has 9 heteroatoms. The van der Waals surface area contributed by atoms with Crippen LogP contribution in [0.4, 0.5) is 5.69 Å². The lowest BCUT2D eigenvalue weighted by Crippen LogP contribution is -2.57. The molecule has 3 heterocycles. The molecule has 3 saturated heterocycles. The molecule has 40 heavy (non-hydrogen) atoms. The number of nitrogens with zero attached hydrogens (tertiary/aromatic N) is 3. The number of aliphatic hydroxyl groups excluding tert-OH is 1. The number of aliphatic hydroxyl groups is 1. The zero-order valence-electron chi connectivity index (χ0n) is 24.2. The second-order valence-corrected chi connectivity index (χ2v) is 13.1. The van der Waals surface area contributed by atoms with Crippen molar-refractivity contribution in [2.75, 3.05) is 38.3 Å². The van der Waals surface area contributed by atoms with Crippen molar-refractivity contribution >= 4 is 35.2 Å². The molecule has 4 rings (SSSR count). The van der Waals surface area contributed by atoms with E-state index >= 15 is 0 Å². The Hall–Kier alpha value is -2.78. The first-order chi connectivity index (χ1) is 19.2. The molecule has 1 aromatic rings. The number of methoxy groups -OCH3 is 1. The van der Waals surface area contributed by atoms with Gasteiger partial charge in [-0.25, -0.2) is 0 Å². The quantitative estimate of drug-likeness (QED) is 0.363. The molecule has 218 valence electrons. The third-order valence-corrected chi connectivity index (χ3v) is 10.9. The van der Waals surface area contributed by atoms with Crippen molar-refractivity contribution in [3.8, 4) is 5.75 Å². The van der Waals surface area contributed by atoms with Gasteiger partial charge in [-0.2, -0.15) is 0 Å². The van der Waals surface area contributed by atoms with Gasteiger partial charge in [0.2, 0.25) is 11.8 Å². The Kier molecular flexibility index (Phi) is 9.05. The van der Waals surface area contributed by atoms with Crippen molar-refractivity contribution in [2.45, 2.75) is 68.0 Å². The molecule has 6 atom stereocenters. The van der Waals surface area contributed by atoms with Gasteiger partial charge in [-0.15, -0.1) is 24.9 Å². The van der Waals surface area contributed by atoms with Crippen molar-refractivity contribution < 1.29 is 24.2 Å². The van der Waals surface area contributed by atoms with Crippen molar-refractivity contribution in [2.24, 2.45) is 11.8 Å². The molecule has 1 aromatic carbocycles. The Labute approximate surface area is 242 Å². The zero-order valence-corrected chi connectivity index (χ0v) is 25.0. The summed E-state index contributed by atoms with van der Waals surface area (Å²) in [6.45, 7) is 14.7. The highest BCUT2D eigenvalue weighted by Gasteiger charge is 2.78. The molecule has 2 bridgehead atoms. The largest absolute Gasteiger partial charge is 0.497 e. The maximum Gasteiger partial charge on any atom is 0.251 e. The average Bonchev–Trinajstić information content (AvgIpc) is 3.52. The summed E-state index contributed by atoms with van der Waals surface area (Å²) < 4.78 is 4.09. The molecule has 0 saturated carbocycles. The van der Waals surface area contributed by atoms with Crippen LogP contribution in [-0.2, 0) is 14.4 Å². The van der Waals surface area contributed by atoms with Gasteiger partial charge in [0.15, 0.2) is 0 Å². The van der Waals surface area contributed by atoms with Crippen LogP contribution in [-0.4, -0.2) is 87.6 Å². The predicted octanol–water partition coefficient (Wildman–Crippen LogP) is 3.89. The molecule has 1 spiro atoms. The highest BCUT2D eigenvalue weighted by molar-refractivity contribution is 8.02. The zero-order chi connectivity index (χ0) is 29.2. The van der Waals surface area contributed by atoms with Gasteiger partial charge in [-0.05, 0) is 56.9 Å². The number of anilines is 1. The van der Waals surface area contributed by atoms with E-state index in [0.29, 0.717) is 37.4 Å². The minimum absolute atomic E-state index is 0.0418. The molecule has 8 nitrogen and oxygen atoms in total. The summed E-state index contributed by atoms with van der Waals surface area (Å²) in [5.41, 5.74) is 0.673. The molecule has 1 N–H and O–H groups in total. The number of thioether (sulfide) groups is 1. The van der Waals surface area contributed by atoms with Crippen LogP contribution in [0.2, 0.25) is 0 Å². The van der Waals surface area contributed by atoms with Crippen LogP contribution in [0.15, 0.2) is 49.6 Å². The second kappa shape index (κ2) is 12.0. The van der Waals surface area contributed by atoms with Crippen LogP contribution >= 0.6 is 11.8 Å². The predicted molar refractivity (Wildman–Crippen MR) is 159 cm³/mol. The second-order valence-electron chi connectivity index (χ2n) is 11.2. The molecular formula is C31H43N3O5S. The van der Waals surface area contributed by atoms with Gasteiger partial charge in [0, 0.05) is 30.1 Å². The fourth-order valence-electron chi connectivity index (χ4n) is 7.10. The first kappa shape index (κ1) is 30.2. The number of benzene rings is 1. The van der Waals surface area contributed by atoms with Crippen LogP contribution in [0.3, 0.4) is 0 Å². The highest BCUT2D eigenvalue weighted by Crippen LogP contribution is 2.72.